The number of hydrogen-bond acceptors (Lipinski definition) is 5. The normalized spacial score (nSPS) is 10.2. The fraction of sp³-hybridized carbons (Fsp3) is 0.167. The standard InChI is InChI=1S/C12H12N4O4/c17-10-2-1-8(12(19)20)7-9(10)14-11(18)3-5-16-6-4-13-15-16/h1-2,4,6-7,17H,3,5H2,(H,14,18)(H,19,20). The van der Waals surface area contributed by atoms with Gasteiger partial charge < -0.3 is 15.5 Å². The number of hydrogen-bond donors (Lipinski definition) is 3. The fourth-order valence-corrected chi connectivity index (χ4v) is 1.55. The van der Waals surface area contributed by atoms with Gasteiger partial charge in [-0.05, 0) is 18.2 Å². The molecule has 0 spiro atoms. The molecule has 0 atom stereocenters. The van der Waals surface area contributed by atoms with Gasteiger partial charge in [-0.25, -0.2) is 4.79 Å². The molecule has 1 aromatic carbocycles. The molecule has 0 fully saturated rings. The zero-order chi connectivity index (χ0) is 14.5. The highest BCUT2D eigenvalue weighted by atomic mass is 16.4. The first-order valence-electron chi connectivity index (χ1n) is 5.76. The van der Waals surface area contributed by atoms with Gasteiger partial charge in [0, 0.05) is 12.6 Å². The number of nitrogens with zero attached hydrogens (tertiary/aromatic N) is 3. The summed E-state index contributed by atoms with van der Waals surface area (Å²) in [6.07, 6.45) is 3.25. The van der Waals surface area contributed by atoms with E-state index in [1.165, 1.54) is 29.1 Å². The van der Waals surface area contributed by atoms with Crippen molar-refractivity contribution in [1.82, 2.24) is 15.0 Å². The number of carbonyl (C=O) groups is 2. The van der Waals surface area contributed by atoms with Crippen LogP contribution in [0, 0.1) is 0 Å². The lowest BCUT2D eigenvalue weighted by Gasteiger charge is -2.08. The number of phenols is 1. The number of aryl methyl sites for hydroxylation is 1. The fourth-order valence-electron chi connectivity index (χ4n) is 1.55. The average molecular weight is 276 g/mol. The van der Waals surface area contributed by atoms with Crippen molar-refractivity contribution in [3.05, 3.63) is 36.2 Å². The predicted molar refractivity (Wildman–Crippen MR) is 68.3 cm³/mol. The van der Waals surface area contributed by atoms with Crippen molar-refractivity contribution in [2.45, 2.75) is 13.0 Å². The number of aromatic carboxylic acids is 1. The van der Waals surface area contributed by atoms with Gasteiger partial charge in [-0.2, -0.15) is 0 Å². The van der Waals surface area contributed by atoms with Gasteiger partial charge >= 0.3 is 5.97 Å². The summed E-state index contributed by atoms with van der Waals surface area (Å²) < 4.78 is 1.49. The quantitative estimate of drug-likeness (QED) is 0.692. The lowest BCUT2D eigenvalue weighted by Crippen LogP contribution is -2.15. The molecule has 3 N–H and O–H groups in total. The van der Waals surface area contributed by atoms with E-state index in [9.17, 15) is 14.7 Å². The lowest BCUT2D eigenvalue weighted by molar-refractivity contribution is -0.116. The Morgan fingerprint density at radius 3 is 2.80 bits per heavy atom. The Kier molecular flexibility index (Phi) is 3.94. The van der Waals surface area contributed by atoms with E-state index in [4.69, 9.17) is 5.11 Å². The molecule has 1 heterocycles. The Morgan fingerprint density at radius 2 is 2.15 bits per heavy atom. The maximum atomic E-state index is 11.7. The van der Waals surface area contributed by atoms with Crippen molar-refractivity contribution in [3.8, 4) is 5.75 Å². The second-order valence-corrected chi connectivity index (χ2v) is 4.00. The molecule has 2 rings (SSSR count). The lowest BCUT2D eigenvalue weighted by atomic mass is 10.2. The van der Waals surface area contributed by atoms with Crippen LogP contribution in [0.3, 0.4) is 0 Å². The highest BCUT2D eigenvalue weighted by Gasteiger charge is 2.10. The third-order valence-electron chi connectivity index (χ3n) is 2.56. The van der Waals surface area contributed by atoms with Gasteiger partial charge in [0.1, 0.15) is 5.75 Å². The van der Waals surface area contributed by atoms with Crippen LogP contribution in [0.5, 0.6) is 5.75 Å². The topological polar surface area (TPSA) is 117 Å². The van der Waals surface area contributed by atoms with E-state index in [-0.39, 0.29) is 29.3 Å². The molecule has 0 bridgehead atoms. The third kappa shape index (κ3) is 3.31. The second-order valence-electron chi connectivity index (χ2n) is 4.00. The monoisotopic (exact) mass is 276 g/mol. The summed E-state index contributed by atoms with van der Waals surface area (Å²) in [6, 6.07) is 3.67. The van der Waals surface area contributed by atoms with Crippen molar-refractivity contribution >= 4 is 17.6 Å². The van der Waals surface area contributed by atoms with Gasteiger partial charge in [0.25, 0.3) is 0 Å². The number of rotatable bonds is 5. The second kappa shape index (κ2) is 5.83. The molecule has 0 aliphatic carbocycles. The molecule has 1 amide bonds. The molecule has 20 heavy (non-hydrogen) atoms. The van der Waals surface area contributed by atoms with Crippen LogP contribution in [0.25, 0.3) is 0 Å². The van der Waals surface area contributed by atoms with Crippen LogP contribution in [0.2, 0.25) is 0 Å². The van der Waals surface area contributed by atoms with E-state index in [0.717, 1.165) is 0 Å². The maximum absolute atomic E-state index is 11.7. The van der Waals surface area contributed by atoms with E-state index in [1.807, 2.05) is 0 Å². The number of carboxylic acid groups (broad SMARTS) is 1. The Bertz CT molecular complexity index is 624. The predicted octanol–water partition coefficient (Wildman–Crippen LogP) is 0.711. The Hall–Kier alpha value is -2.90. The minimum atomic E-state index is -1.14. The number of carbonyl (C=O) groups excluding carboxylic acids is 1. The number of carboxylic acids is 1. The smallest absolute Gasteiger partial charge is 0.335 e. The van der Waals surface area contributed by atoms with Crippen molar-refractivity contribution in [1.29, 1.82) is 0 Å². The molecule has 0 unspecified atom stereocenters. The molecule has 0 aliphatic rings. The van der Waals surface area contributed by atoms with Crippen LogP contribution in [-0.2, 0) is 11.3 Å². The summed E-state index contributed by atoms with van der Waals surface area (Å²) in [4.78, 5) is 22.5. The molecule has 0 radical (unpaired) electrons. The van der Waals surface area contributed by atoms with Crippen molar-refractivity contribution in [3.63, 3.8) is 0 Å². The van der Waals surface area contributed by atoms with Crippen LogP contribution in [0.1, 0.15) is 16.8 Å². The molecule has 2 aromatic rings. The third-order valence-corrected chi connectivity index (χ3v) is 2.56. The molecule has 0 saturated heterocycles. The molecule has 8 heteroatoms. The maximum Gasteiger partial charge on any atom is 0.335 e. The minimum Gasteiger partial charge on any atom is -0.506 e. The van der Waals surface area contributed by atoms with E-state index in [0.29, 0.717) is 6.54 Å². The molecule has 0 aliphatic heterocycles. The molecular weight excluding hydrogens is 264 g/mol. The van der Waals surface area contributed by atoms with E-state index in [1.54, 1.807) is 6.20 Å². The minimum absolute atomic E-state index is 0.0191. The Labute approximate surface area is 113 Å². The first kappa shape index (κ1) is 13.5. The Morgan fingerprint density at radius 1 is 1.35 bits per heavy atom. The van der Waals surface area contributed by atoms with Crippen LogP contribution >= 0.6 is 0 Å². The first-order valence-corrected chi connectivity index (χ1v) is 5.76. The van der Waals surface area contributed by atoms with Gasteiger partial charge in [0.2, 0.25) is 5.91 Å². The van der Waals surface area contributed by atoms with Crippen molar-refractivity contribution in [2.24, 2.45) is 0 Å². The molecular formula is C12H12N4O4. The number of aromatic hydroxyl groups is 1. The van der Waals surface area contributed by atoms with Crippen LogP contribution < -0.4 is 5.32 Å². The van der Waals surface area contributed by atoms with Crippen LogP contribution in [-0.4, -0.2) is 37.1 Å². The van der Waals surface area contributed by atoms with Crippen LogP contribution in [0.4, 0.5) is 5.69 Å². The van der Waals surface area contributed by atoms with Crippen molar-refractivity contribution in [2.75, 3.05) is 5.32 Å². The summed E-state index contributed by atoms with van der Waals surface area (Å²) in [5.41, 5.74) is 0.0443. The zero-order valence-corrected chi connectivity index (χ0v) is 10.4. The summed E-state index contributed by atoms with van der Waals surface area (Å²) in [7, 11) is 0. The number of nitrogens with one attached hydrogen (secondary N) is 1. The number of phenolic OH excluding ortho intramolecular Hbond substituents is 1. The molecule has 8 nitrogen and oxygen atoms in total. The largest absolute Gasteiger partial charge is 0.506 e. The summed E-state index contributed by atoms with van der Waals surface area (Å²) >= 11 is 0. The van der Waals surface area contributed by atoms with Gasteiger partial charge in [-0.15, -0.1) is 5.10 Å². The molecule has 1 aromatic heterocycles. The number of aromatic nitrogens is 3. The SMILES string of the molecule is O=C(CCn1ccnn1)Nc1cc(C(=O)O)ccc1O. The van der Waals surface area contributed by atoms with Gasteiger partial charge in [-0.3, -0.25) is 9.48 Å². The zero-order valence-electron chi connectivity index (χ0n) is 10.4. The average Bonchev–Trinajstić information content (AvgIpc) is 2.92. The summed E-state index contributed by atoms with van der Waals surface area (Å²) in [5, 5.41) is 28.2. The molecule has 104 valence electrons. The highest BCUT2D eigenvalue weighted by molar-refractivity contribution is 5.95. The van der Waals surface area contributed by atoms with E-state index in [2.05, 4.69) is 15.6 Å². The number of amides is 1. The van der Waals surface area contributed by atoms with Crippen LogP contribution in [0.15, 0.2) is 30.6 Å². The number of benzene rings is 1. The molecule has 0 saturated carbocycles. The summed E-state index contributed by atoms with van der Waals surface area (Å²) in [5.74, 6) is -1.69. The van der Waals surface area contributed by atoms with E-state index >= 15 is 0 Å². The van der Waals surface area contributed by atoms with Gasteiger partial charge in [0.15, 0.2) is 0 Å². The first-order chi connectivity index (χ1) is 9.56. The van der Waals surface area contributed by atoms with Gasteiger partial charge in [-0.1, -0.05) is 5.21 Å². The van der Waals surface area contributed by atoms with Gasteiger partial charge in [0.05, 0.1) is 24.0 Å². The van der Waals surface area contributed by atoms with E-state index < -0.39 is 5.97 Å². The number of anilines is 1. The highest BCUT2D eigenvalue weighted by Crippen LogP contribution is 2.24. The van der Waals surface area contributed by atoms with Crippen molar-refractivity contribution < 1.29 is 19.8 Å². The Balaban J connectivity index is 2.00. The summed E-state index contributed by atoms with van der Waals surface area (Å²) in [6.45, 7) is 0.339.